The third-order valence-corrected chi connectivity index (χ3v) is 5.56. The van der Waals surface area contributed by atoms with Crippen LogP contribution in [0.2, 0.25) is 0 Å². The molecule has 0 aromatic heterocycles. The highest BCUT2D eigenvalue weighted by molar-refractivity contribution is 7.92. The van der Waals surface area contributed by atoms with Gasteiger partial charge in [0.25, 0.3) is 15.9 Å². The van der Waals surface area contributed by atoms with Gasteiger partial charge in [0.2, 0.25) is 0 Å². The summed E-state index contributed by atoms with van der Waals surface area (Å²) in [5.41, 5.74) is 2.61. The first kappa shape index (κ1) is 19.6. The molecule has 0 bridgehead atoms. The van der Waals surface area contributed by atoms with Gasteiger partial charge >= 0.3 is 0 Å². The lowest BCUT2D eigenvalue weighted by Crippen LogP contribution is -2.15. The summed E-state index contributed by atoms with van der Waals surface area (Å²) in [6, 6.07) is 16.7. The first-order chi connectivity index (χ1) is 13.3. The van der Waals surface area contributed by atoms with Crippen molar-refractivity contribution in [2.45, 2.75) is 18.7 Å². The van der Waals surface area contributed by atoms with E-state index in [4.69, 9.17) is 0 Å². The van der Waals surface area contributed by atoms with E-state index in [0.717, 1.165) is 11.1 Å². The molecule has 1 amide bonds. The quantitative estimate of drug-likeness (QED) is 0.665. The molecule has 144 valence electrons. The number of aryl methyl sites for hydroxylation is 2. The molecule has 3 aromatic rings. The zero-order chi connectivity index (χ0) is 20.3. The van der Waals surface area contributed by atoms with Crippen LogP contribution in [0, 0.1) is 19.7 Å². The minimum atomic E-state index is -3.80. The van der Waals surface area contributed by atoms with Crippen molar-refractivity contribution in [2.24, 2.45) is 0 Å². The second-order valence-corrected chi connectivity index (χ2v) is 8.06. The van der Waals surface area contributed by atoms with Crippen LogP contribution in [-0.4, -0.2) is 14.3 Å². The Bertz CT molecular complexity index is 1130. The minimum Gasteiger partial charge on any atom is -0.319 e. The van der Waals surface area contributed by atoms with Crippen molar-refractivity contribution < 1.29 is 17.6 Å². The molecule has 7 heteroatoms. The summed E-state index contributed by atoms with van der Waals surface area (Å²) in [5, 5.41) is 2.46. The van der Waals surface area contributed by atoms with Crippen LogP contribution in [0.25, 0.3) is 0 Å². The monoisotopic (exact) mass is 398 g/mol. The van der Waals surface area contributed by atoms with E-state index < -0.39 is 21.7 Å². The van der Waals surface area contributed by atoms with Gasteiger partial charge in [-0.05, 0) is 61.9 Å². The molecule has 0 heterocycles. The fourth-order valence-corrected chi connectivity index (χ4v) is 3.81. The van der Waals surface area contributed by atoms with E-state index in [0.29, 0.717) is 5.69 Å². The SMILES string of the molecule is Cc1ccc(NS(=O)(=O)c2ccc(C(=O)Nc3ccccc3F)cc2)c(C)c1. The molecule has 0 aliphatic rings. The van der Waals surface area contributed by atoms with Gasteiger partial charge in [-0.1, -0.05) is 29.8 Å². The number of carbonyl (C=O) groups excluding carboxylic acids is 1. The van der Waals surface area contributed by atoms with Crippen LogP contribution in [0.15, 0.2) is 71.6 Å². The molecule has 0 saturated heterocycles. The maximum Gasteiger partial charge on any atom is 0.261 e. The molecular formula is C21H19FN2O3S. The van der Waals surface area contributed by atoms with Gasteiger partial charge in [0.1, 0.15) is 5.82 Å². The molecule has 0 spiro atoms. The fraction of sp³-hybridized carbons (Fsp3) is 0.0952. The zero-order valence-corrected chi connectivity index (χ0v) is 16.2. The van der Waals surface area contributed by atoms with Gasteiger partial charge in [-0.2, -0.15) is 0 Å². The van der Waals surface area contributed by atoms with E-state index in [1.54, 1.807) is 12.1 Å². The van der Waals surface area contributed by atoms with Crippen molar-refractivity contribution in [3.8, 4) is 0 Å². The lowest BCUT2D eigenvalue weighted by atomic mass is 10.1. The van der Waals surface area contributed by atoms with Gasteiger partial charge in [-0.25, -0.2) is 12.8 Å². The molecule has 0 fully saturated rings. The van der Waals surface area contributed by atoms with Gasteiger partial charge in [0.05, 0.1) is 16.3 Å². The second kappa shape index (κ2) is 7.82. The van der Waals surface area contributed by atoms with E-state index >= 15 is 0 Å². The molecule has 0 saturated carbocycles. The van der Waals surface area contributed by atoms with Crippen molar-refractivity contribution in [1.29, 1.82) is 0 Å². The fourth-order valence-electron chi connectivity index (χ4n) is 2.67. The molecule has 2 N–H and O–H groups in total. The average molecular weight is 398 g/mol. The van der Waals surface area contributed by atoms with E-state index in [9.17, 15) is 17.6 Å². The van der Waals surface area contributed by atoms with Crippen molar-refractivity contribution in [1.82, 2.24) is 0 Å². The Kier molecular flexibility index (Phi) is 5.46. The molecule has 0 atom stereocenters. The standard InChI is InChI=1S/C21H19FN2O3S/c1-14-7-12-19(15(2)13-14)24-28(26,27)17-10-8-16(9-11-17)21(25)23-20-6-4-3-5-18(20)22/h3-13,24H,1-2H3,(H,23,25). The number of anilines is 2. The summed E-state index contributed by atoms with van der Waals surface area (Å²) in [7, 11) is -3.80. The van der Waals surface area contributed by atoms with E-state index in [1.807, 2.05) is 26.0 Å². The molecule has 5 nitrogen and oxygen atoms in total. The number of amides is 1. The van der Waals surface area contributed by atoms with Crippen LogP contribution in [0.3, 0.4) is 0 Å². The molecule has 0 aliphatic carbocycles. The number of carbonyl (C=O) groups is 1. The molecule has 0 aliphatic heterocycles. The Morgan fingerprint density at radius 3 is 2.21 bits per heavy atom. The predicted molar refractivity (Wildman–Crippen MR) is 108 cm³/mol. The summed E-state index contributed by atoms with van der Waals surface area (Å²) in [6.07, 6.45) is 0. The normalized spacial score (nSPS) is 11.1. The van der Waals surface area contributed by atoms with Gasteiger partial charge in [-0.15, -0.1) is 0 Å². The Morgan fingerprint density at radius 1 is 0.893 bits per heavy atom. The highest BCUT2D eigenvalue weighted by Gasteiger charge is 2.16. The van der Waals surface area contributed by atoms with E-state index in [2.05, 4.69) is 10.0 Å². The van der Waals surface area contributed by atoms with Crippen LogP contribution in [-0.2, 0) is 10.0 Å². The first-order valence-corrected chi connectivity index (χ1v) is 10.0. The molecular weight excluding hydrogens is 379 g/mol. The third kappa shape index (κ3) is 4.37. The molecule has 0 radical (unpaired) electrons. The number of hydrogen-bond donors (Lipinski definition) is 2. The van der Waals surface area contributed by atoms with Crippen LogP contribution in [0.5, 0.6) is 0 Å². The number of benzene rings is 3. The van der Waals surface area contributed by atoms with Crippen LogP contribution in [0.1, 0.15) is 21.5 Å². The highest BCUT2D eigenvalue weighted by Crippen LogP contribution is 2.21. The molecule has 3 rings (SSSR count). The summed E-state index contributed by atoms with van der Waals surface area (Å²) < 4.78 is 41.4. The number of nitrogens with one attached hydrogen (secondary N) is 2. The minimum absolute atomic E-state index is 0.0231. The second-order valence-electron chi connectivity index (χ2n) is 6.38. The topological polar surface area (TPSA) is 75.3 Å². The van der Waals surface area contributed by atoms with Crippen LogP contribution in [0.4, 0.5) is 15.8 Å². The average Bonchev–Trinajstić information content (AvgIpc) is 2.66. The maximum absolute atomic E-state index is 13.6. The number of halogens is 1. The van der Waals surface area contributed by atoms with Gasteiger partial charge in [0, 0.05) is 5.56 Å². The number of rotatable bonds is 5. The molecule has 3 aromatic carbocycles. The Balaban J connectivity index is 1.77. The smallest absolute Gasteiger partial charge is 0.261 e. The van der Waals surface area contributed by atoms with Gasteiger partial charge in [-0.3, -0.25) is 9.52 Å². The Hall–Kier alpha value is -3.19. The zero-order valence-electron chi connectivity index (χ0n) is 15.4. The molecule has 28 heavy (non-hydrogen) atoms. The van der Waals surface area contributed by atoms with Crippen LogP contribution >= 0.6 is 0 Å². The van der Waals surface area contributed by atoms with Crippen molar-refractivity contribution >= 4 is 27.3 Å². The van der Waals surface area contributed by atoms with Gasteiger partial charge < -0.3 is 5.32 Å². The van der Waals surface area contributed by atoms with Crippen LogP contribution < -0.4 is 10.0 Å². The van der Waals surface area contributed by atoms with Gasteiger partial charge in [0.15, 0.2) is 0 Å². The summed E-state index contributed by atoms with van der Waals surface area (Å²) in [5.74, 6) is -1.08. The van der Waals surface area contributed by atoms with E-state index in [1.165, 1.54) is 42.5 Å². The lowest BCUT2D eigenvalue weighted by molar-refractivity contribution is 0.102. The third-order valence-electron chi connectivity index (χ3n) is 4.18. The number of sulfonamides is 1. The molecule has 0 unspecified atom stereocenters. The highest BCUT2D eigenvalue weighted by atomic mass is 32.2. The first-order valence-electron chi connectivity index (χ1n) is 8.52. The van der Waals surface area contributed by atoms with E-state index in [-0.39, 0.29) is 16.1 Å². The van der Waals surface area contributed by atoms with Crippen molar-refractivity contribution in [2.75, 3.05) is 10.0 Å². The van der Waals surface area contributed by atoms with Crippen molar-refractivity contribution in [3.63, 3.8) is 0 Å². The van der Waals surface area contributed by atoms with Crippen molar-refractivity contribution in [3.05, 3.63) is 89.2 Å². The Labute approximate surface area is 163 Å². The number of hydrogen-bond acceptors (Lipinski definition) is 3. The predicted octanol–water partition coefficient (Wildman–Crippen LogP) is 4.50. The summed E-state index contributed by atoms with van der Waals surface area (Å²) in [6.45, 7) is 3.75. The summed E-state index contributed by atoms with van der Waals surface area (Å²) in [4.78, 5) is 12.3. The Morgan fingerprint density at radius 2 is 1.57 bits per heavy atom. The maximum atomic E-state index is 13.6. The lowest BCUT2D eigenvalue weighted by Gasteiger charge is -2.12. The summed E-state index contributed by atoms with van der Waals surface area (Å²) >= 11 is 0. The largest absolute Gasteiger partial charge is 0.319 e. The number of para-hydroxylation sites is 1.